The van der Waals surface area contributed by atoms with Crippen molar-refractivity contribution in [1.82, 2.24) is 9.97 Å². The highest BCUT2D eigenvalue weighted by Crippen LogP contribution is 2.38. The number of hydrogen-bond donors (Lipinski definition) is 1. The van der Waals surface area contributed by atoms with E-state index in [1.807, 2.05) is 24.3 Å². The highest BCUT2D eigenvalue weighted by molar-refractivity contribution is 6.12. The zero-order chi connectivity index (χ0) is 26.5. The van der Waals surface area contributed by atoms with Crippen molar-refractivity contribution in [3.63, 3.8) is 0 Å². The van der Waals surface area contributed by atoms with Gasteiger partial charge in [-0.05, 0) is 64.2 Å². The molecule has 0 aliphatic rings. The first kappa shape index (κ1) is 22.6. The molecule has 6 aromatic carbocycles. The Morgan fingerprint density at radius 1 is 0.475 bits per heavy atom. The van der Waals surface area contributed by atoms with E-state index in [0.29, 0.717) is 5.89 Å². The summed E-state index contributed by atoms with van der Waals surface area (Å²) in [5.74, 6) is 0.633. The lowest BCUT2D eigenvalue weighted by atomic mass is 9.91. The van der Waals surface area contributed by atoms with Crippen molar-refractivity contribution >= 4 is 32.9 Å². The van der Waals surface area contributed by atoms with E-state index in [-0.39, 0.29) is 0 Å². The van der Waals surface area contributed by atoms with Gasteiger partial charge in [-0.2, -0.15) is 0 Å². The predicted molar refractivity (Wildman–Crippen MR) is 165 cm³/mol. The van der Waals surface area contributed by atoms with Crippen molar-refractivity contribution in [2.45, 2.75) is 0 Å². The molecule has 8 aromatic rings. The maximum Gasteiger partial charge on any atom is 0.227 e. The molecule has 3 heteroatoms. The van der Waals surface area contributed by atoms with Gasteiger partial charge in [0.25, 0.3) is 0 Å². The quantitative estimate of drug-likeness (QED) is 0.255. The van der Waals surface area contributed by atoms with Crippen LogP contribution in [0.3, 0.4) is 0 Å². The van der Waals surface area contributed by atoms with E-state index in [1.54, 1.807) is 0 Å². The monoisotopic (exact) mass is 512 g/mol. The van der Waals surface area contributed by atoms with Gasteiger partial charge in [0.2, 0.25) is 5.89 Å². The van der Waals surface area contributed by atoms with Gasteiger partial charge in [-0.3, -0.25) is 0 Å². The van der Waals surface area contributed by atoms with Crippen LogP contribution < -0.4 is 0 Å². The number of oxazole rings is 1. The SMILES string of the molecule is c1cc(-c2nc3ccccc3o2)cc(-c2ccccc2-c2cccc(-c3cccc4c3[nH]c3ccccc34)c2)c1. The number of fused-ring (bicyclic) bond motifs is 4. The molecule has 1 N–H and O–H groups in total. The van der Waals surface area contributed by atoms with Crippen molar-refractivity contribution in [2.24, 2.45) is 0 Å². The first-order valence-corrected chi connectivity index (χ1v) is 13.5. The molecule has 0 spiro atoms. The van der Waals surface area contributed by atoms with Gasteiger partial charge in [0, 0.05) is 27.4 Å². The first-order chi connectivity index (χ1) is 19.8. The minimum Gasteiger partial charge on any atom is -0.436 e. The summed E-state index contributed by atoms with van der Waals surface area (Å²) in [7, 11) is 0. The van der Waals surface area contributed by atoms with E-state index < -0.39 is 0 Å². The molecule has 8 rings (SSSR count). The molecule has 0 aliphatic heterocycles. The molecule has 2 aromatic heterocycles. The second-order valence-corrected chi connectivity index (χ2v) is 10.1. The van der Waals surface area contributed by atoms with Crippen molar-refractivity contribution in [1.29, 1.82) is 0 Å². The van der Waals surface area contributed by atoms with Gasteiger partial charge in [0.15, 0.2) is 5.58 Å². The summed E-state index contributed by atoms with van der Waals surface area (Å²) in [5.41, 5.74) is 12.0. The fraction of sp³-hybridized carbons (Fsp3) is 0. The molecule has 40 heavy (non-hydrogen) atoms. The van der Waals surface area contributed by atoms with Crippen LogP contribution in [0.25, 0.3) is 77.7 Å². The van der Waals surface area contributed by atoms with Gasteiger partial charge in [0.1, 0.15) is 5.52 Å². The van der Waals surface area contributed by atoms with Crippen molar-refractivity contribution in [3.8, 4) is 44.8 Å². The summed E-state index contributed by atoms with van der Waals surface area (Å²) in [5, 5.41) is 2.49. The molecule has 0 aliphatic carbocycles. The van der Waals surface area contributed by atoms with Crippen LogP contribution in [0, 0.1) is 0 Å². The van der Waals surface area contributed by atoms with E-state index in [9.17, 15) is 0 Å². The molecule has 0 atom stereocenters. The molecule has 0 saturated carbocycles. The molecule has 0 saturated heterocycles. The van der Waals surface area contributed by atoms with Crippen LogP contribution in [0.2, 0.25) is 0 Å². The normalized spacial score (nSPS) is 11.5. The Morgan fingerprint density at radius 3 is 1.85 bits per heavy atom. The average Bonchev–Trinajstić information content (AvgIpc) is 3.63. The van der Waals surface area contributed by atoms with Crippen molar-refractivity contribution < 1.29 is 4.42 Å². The Balaban J connectivity index is 1.23. The Labute approximate surface area is 231 Å². The minimum atomic E-state index is 0.633. The van der Waals surface area contributed by atoms with Gasteiger partial charge in [0.05, 0.1) is 5.52 Å². The second-order valence-electron chi connectivity index (χ2n) is 10.1. The number of hydrogen-bond acceptors (Lipinski definition) is 2. The Morgan fingerprint density at radius 2 is 1.05 bits per heavy atom. The standard InChI is InChI=1S/C37H24N2O/c1-2-15-29(25-11-8-13-27(23-25)37-39-34-20-5-6-21-35(34)40-37)28(14-1)24-10-7-12-26(22-24)30-17-9-18-32-31-16-3-4-19-33(31)38-36(30)32/h1-23,38H. The topological polar surface area (TPSA) is 41.8 Å². The third-order valence-corrected chi connectivity index (χ3v) is 7.67. The van der Waals surface area contributed by atoms with Crippen LogP contribution in [0.4, 0.5) is 0 Å². The molecule has 0 bridgehead atoms. The van der Waals surface area contributed by atoms with Crippen molar-refractivity contribution in [3.05, 3.63) is 140 Å². The third-order valence-electron chi connectivity index (χ3n) is 7.67. The maximum atomic E-state index is 6.07. The molecule has 3 nitrogen and oxygen atoms in total. The highest BCUT2D eigenvalue weighted by atomic mass is 16.3. The predicted octanol–water partition coefficient (Wildman–Crippen LogP) is 10.1. The van der Waals surface area contributed by atoms with E-state index >= 15 is 0 Å². The second kappa shape index (κ2) is 9.11. The number of H-pyrrole nitrogens is 1. The number of benzene rings is 6. The summed E-state index contributed by atoms with van der Waals surface area (Å²) in [4.78, 5) is 8.37. The largest absolute Gasteiger partial charge is 0.436 e. The summed E-state index contributed by atoms with van der Waals surface area (Å²) in [6, 6.07) is 48.8. The van der Waals surface area contributed by atoms with E-state index in [1.165, 1.54) is 44.1 Å². The van der Waals surface area contributed by atoms with Crippen LogP contribution >= 0.6 is 0 Å². The van der Waals surface area contributed by atoms with Crippen molar-refractivity contribution in [2.75, 3.05) is 0 Å². The molecule has 0 radical (unpaired) electrons. The highest BCUT2D eigenvalue weighted by Gasteiger charge is 2.14. The van der Waals surface area contributed by atoms with Gasteiger partial charge in [-0.1, -0.05) is 103 Å². The van der Waals surface area contributed by atoms with Gasteiger partial charge < -0.3 is 9.40 Å². The lowest BCUT2D eigenvalue weighted by Gasteiger charge is -2.13. The molecular weight excluding hydrogens is 488 g/mol. The summed E-state index contributed by atoms with van der Waals surface area (Å²) < 4.78 is 6.07. The summed E-state index contributed by atoms with van der Waals surface area (Å²) in [6.45, 7) is 0. The van der Waals surface area contributed by atoms with Gasteiger partial charge in [-0.25, -0.2) is 4.98 Å². The third kappa shape index (κ3) is 3.71. The zero-order valence-electron chi connectivity index (χ0n) is 21.6. The van der Waals surface area contributed by atoms with Gasteiger partial charge in [-0.15, -0.1) is 0 Å². The summed E-state index contributed by atoms with van der Waals surface area (Å²) in [6.07, 6.45) is 0. The summed E-state index contributed by atoms with van der Waals surface area (Å²) >= 11 is 0. The smallest absolute Gasteiger partial charge is 0.227 e. The fourth-order valence-corrected chi connectivity index (χ4v) is 5.77. The molecular formula is C37H24N2O. The van der Waals surface area contributed by atoms with Crippen LogP contribution in [-0.2, 0) is 0 Å². The average molecular weight is 513 g/mol. The number of aromatic amines is 1. The van der Waals surface area contributed by atoms with E-state index in [2.05, 4.69) is 120 Å². The maximum absolute atomic E-state index is 6.07. The van der Waals surface area contributed by atoms with Gasteiger partial charge >= 0.3 is 0 Å². The molecule has 0 fully saturated rings. The number of nitrogens with zero attached hydrogens (tertiary/aromatic N) is 1. The molecule has 0 unspecified atom stereocenters. The molecule has 0 amide bonds. The van der Waals surface area contributed by atoms with Crippen LogP contribution in [0.1, 0.15) is 0 Å². The molecule has 2 heterocycles. The lowest BCUT2D eigenvalue weighted by molar-refractivity contribution is 0.620. The van der Waals surface area contributed by atoms with Crippen LogP contribution in [-0.4, -0.2) is 9.97 Å². The number of nitrogens with one attached hydrogen (secondary N) is 1. The fourth-order valence-electron chi connectivity index (χ4n) is 5.77. The van der Waals surface area contributed by atoms with Crippen LogP contribution in [0.5, 0.6) is 0 Å². The minimum absolute atomic E-state index is 0.633. The Kier molecular flexibility index (Phi) is 5.14. The first-order valence-electron chi connectivity index (χ1n) is 13.5. The number of rotatable bonds is 4. The Hall–Kier alpha value is -5.41. The number of para-hydroxylation sites is 4. The van der Waals surface area contributed by atoms with E-state index in [4.69, 9.17) is 9.40 Å². The van der Waals surface area contributed by atoms with Crippen LogP contribution in [0.15, 0.2) is 144 Å². The zero-order valence-corrected chi connectivity index (χ0v) is 21.6. The number of aromatic nitrogens is 2. The Bertz CT molecular complexity index is 2150. The molecule has 188 valence electrons. The lowest BCUT2D eigenvalue weighted by Crippen LogP contribution is -1.88. The van der Waals surface area contributed by atoms with E-state index in [0.717, 1.165) is 27.7 Å².